The van der Waals surface area contributed by atoms with E-state index in [9.17, 15) is 24.6 Å². The Balaban J connectivity index is 2.01. The van der Waals surface area contributed by atoms with Gasteiger partial charge in [0.05, 0.1) is 5.56 Å². The van der Waals surface area contributed by atoms with E-state index in [1.165, 1.54) is 12.1 Å². The third kappa shape index (κ3) is 6.03. The van der Waals surface area contributed by atoms with Gasteiger partial charge < -0.3 is 14.9 Å². The summed E-state index contributed by atoms with van der Waals surface area (Å²) < 4.78 is 5.71. The number of carbonyl (C=O) groups excluding carboxylic acids is 3. The minimum absolute atomic E-state index is 0.0140. The molecule has 3 rings (SSSR count). The van der Waals surface area contributed by atoms with Crippen molar-refractivity contribution in [2.75, 3.05) is 0 Å². The van der Waals surface area contributed by atoms with E-state index in [1.807, 2.05) is 47.0 Å². The fraction of sp³-hybridized carbons (Fsp3) is 0.300. The molecule has 0 saturated heterocycles. The maximum absolute atomic E-state index is 13.6. The molecule has 0 aromatic heterocycles. The number of hydrazine groups is 1. The number of hydrogen-bond donors (Lipinski definition) is 4. The Morgan fingerprint density at radius 1 is 0.816 bits per heavy atom. The van der Waals surface area contributed by atoms with Crippen LogP contribution in [0.2, 0.25) is 0 Å². The average molecular weight is 519 g/mol. The zero-order chi connectivity index (χ0) is 28.4. The van der Waals surface area contributed by atoms with Crippen LogP contribution in [0.15, 0.2) is 60.7 Å². The maximum Gasteiger partial charge on any atom is 0.283 e. The Bertz CT molecular complexity index is 1330. The molecule has 0 spiro atoms. The third-order valence-electron chi connectivity index (χ3n) is 6.13. The molecular formula is C30H34N2O6. The molecule has 0 aliphatic rings. The number of aromatic hydroxyl groups is 2. The van der Waals surface area contributed by atoms with E-state index < -0.39 is 34.4 Å². The van der Waals surface area contributed by atoms with E-state index in [2.05, 4.69) is 0 Å². The van der Waals surface area contributed by atoms with Crippen LogP contribution in [0.5, 0.6) is 17.2 Å². The summed E-state index contributed by atoms with van der Waals surface area (Å²) in [6, 6.07) is 15.5. The number of hydrogen-bond acceptors (Lipinski definition) is 7. The van der Waals surface area contributed by atoms with Crippen molar-refractivity contribution in [2.24, 2.45) is 5.84 Å². The highest BCUT2D eigenvalue weighted by Gasteiger charge is 2.34. The third-order valence-corrected chi connectivity index (χ3v) is 6.13. The van der Waals surface area contributed by atoms with Crippen molar-refractivity contribution in [3.63, 3.8) is 0 Å². The van der Waals surface area contributed by atoms with Gasteiger partial charge in [0.15, 0.2) is 5.78 Å². The van der Waals surface area contributed by atoms with Crippen LogP contribution in [0.3, 0.4) is 0 Å². The molecule has 0 heterocycles. The van der Waals surface area contributed by atoms with Crippen molar-refractivity contribution in [2.45, 2.75) is 58.5 Å². The van der Waals surface area contributed by atoms with Crippen molar-refractivity contribution in [1.82, 2.24) is 5.43 Å². The monoisotopic (exact) mass is 518 g/mol. The summed E-state index contributed by atoms with van der Waals surface area (Å²) in [5.41, 5.74) is 2.63. The fourth-order valence-electron chi connectivity index (χ4n) is 4.03. The number of nitrogens with two attached hydrogens (primary N) is 1. The Morgan fingerprint density at radius 3 is 1.84 bits per heavy atom. The SMILES string of the molecule is CC(C)(C)c1cc(C(=O)C(Oc2ccc(C(=O)c3ccccc3)c(O)c2)C(=O)NN)cc(C(C)(C)C)c1O. The highest BCUT2D eigenvalue weighted by Crippen LogP contribution is 2.40. The number of Topliss-reactive ketones (excluding diaryl/α,β-unsaturated/α-hetero) is 1. The van der Waals surface area contributed by atoms with Gasteiger partial charge in [-0.05, 0) is 35.1 Å². The van der Waals surface area contributed by atoms with Gasteiger partial charge >= 0.3 is 0 Å². The molecule has 0 aliphatic carbocycles. The second kappa shape index (κ2) is 10.7. The van der Waals surface area contributed by atoms with Crippen molar-refractivity contribution in [3.8, 4) is 17.2 Å². The lowest BCUT2D eigenvalue weighted by Gasteiger charge is -2.28. The first kappa shape index (κ1) is 28.4. The highest BCUT2D eigenvalue weighted by atomic mass is 16.5. The van der Waals surface area contributed by atoms with Gasteiger partial charge in [0, 0.05) is 28.3 Å². The Labute approximate surface area is 222 Å². The molecule has 1 unspecified atom stereocenters. The number of rotatable bonds is 7. The molecule has 0 fully saturated rings. The lowest BCUT2D eigenvalue weighted by atomic mass is 9.78. The molecule has 3 aromatic rings. The molecule has 1 amide bonds. The van der Waals surface area contributed by atoms with Crippen LogP contribution in [0.4, 0.5) is 0 Å². The van der Waals surface area contributed by atoms with E-state index in [0.29, 0.717) is 16.7 Å². The number of phenols is 2. The molecule has 8 heteroatoms. The van der Waals surface area contributed by atoms with Crippen LogP contribution in [0, 0.1) is 0 Å². The van der Waals surface area contributed by atoms with Gasteiger partial charge in [-0.15, -0.1) is 0 Å². The zero-order valence-electron chi connectivity index (χ0n) is 22.5. The molecule has 0 radical (unpaired) electrons. The molecule has 8 nitrogen and oxygen atoms in total. The fourth-order valence-corrected chi connectivity index (χ4v) is 4.03. The summed E-state index contributed by atoms with van der Waals surface area (Å²) in [5.74, 6) is 3.08. The number of phenolic OH excluding ortho intramolecular Hbond substituents is 2. The summed E-state index contributed by atoms with van der Waals surface area (Å²) >= 11 is 0. The second-order valence-electron chi connectivity index (χ2n) is 11.2. The molecule has 0 saturated carbocycles. The van der Waals surface area contributed by atoms with Gasteiger partial charge in [0.1, 0.15) is 17.2 Å². The summed E-state index contributed by atoms with van der Waals surface area (Å²) in [7, 11) is 0. The van der Waals surface area contributed by atoms with E-state index >= 15 is 0 Å². The number of ketones is 2. The number of benzene rings is 3. The highest BCUT2D eigenvalue weighted by molar-refractivity contribution is 6.13. The second-order valence-corrected chi connectivity index (χ2v) is 11.2. The molecule has 38 heavy (non-hydrogen) atoms. The average Bonchev–Trinajstić information content (AvgIpc) is 2.85. The predicted octanol–water partition coefficient (Wildman–Crippen LogP) is 4.54. The summed E-state index contributed by atoms with van der Waals surface area (Å²) in [6.07, 6.45) is -1.69. The molecular weight excluding hydrogens is 484 g/mol. The molecule has 0 aliphatic heterocycles. The van der Waals surface area contributed by atoms with E-state index in [-0.39, 0.29) is 28.4 Å². The largest absolute Gasteiger partial charge is 0.507 e. The van der Waals surface area contributed by atoms with Gasteiger partial charge in [0.25, 0.3) is 5.91 Å². The van der Waals surface area contributed by atoms with Crippen LogP contribution >= 0.6 is 0 Å². The smallest absolute Gasteiger partial charge is 0.283 e. The van der Waals surface area contributed by atoms with Gasteiger partial charge in [-0.1, -0.05) is 71.9 Å². The van der Waals surface area contributed by atoms with Crippen LogP contribution < -0.4 is 16.0 Å². The van der Waals surface area contributed by atoms with Gasteiger partial charge in [-0.3, -0.25) is 19.8 Å². The van der Waals surface area contributed by atoms with Gasteiger partial charge in [-0.2, -0.15) is 0 Å². The van der Waals surface area contributed by atoms with Gasteiger partial charge in [0.2, 0.25) is 11.9 Å². The topological polar surface area (TPSA) is 139 Å². The summed E-state index contributed by atoms with van der Waals surface area (Å²) in [6.45, 7) is 11.4. The number of carbonyl (C=O) groups is 3. The van der Waals surface area contributed by atoms with Crippen LogP contribution in [0.1, 0.15) is 78.9 Å². The quantitative estimate of drug-likeness (QED) is 0.118. The molecule has 5 N–H and O–H groups in total. The normalized spacial score (nSPS) is 12.5. The van der Waals surface area contributed by atoms with Crippen molar-refractivity contribution >= 4 is 17.5 Å². The molecule has 1 atom stereocenters. The molecule has 3 aromatic carbocycles. The zero-order valence-corrected chi connectivity index (χ0v) is 22.5. The molecule has 0 bridgehead atoms. The van der Waals surface area contributed by atoms with E-state index in [4.69, 9.17) is 10.6 Å². The standard InChI is InChI=1S/C30H34N2O6/c1-29(2,3)21-14-18(15-22(26(21)36)30(4,5)6)25(35)27(28(37)32-31)38-19-12-13-20(23(33)16-19)24(34)17-10-8-7-9-11-17/h7-16,27,33,36H,31H2,1-6H3,(H,32,37). The Morgan fingerprint density at radius 2 is 1.37 bits per heavy atom. The molecule has 200 valence electrons. The van der Waals surface area contributed by atoms with Crippen molar-refractivity contribution in [1.29, 1.82) is 0 Å². The number of amides is 1. The number of ether oxygens (including phenoxy) is 1. The van der Waals surface area contributed by atoms with E-state index in [1.54, 1.807) is 42.5 Å². The summed E-state index contributed by atoms with van der Waals surface area (Å²) in [5, 5.41) is 21.5. The minimum atomic E-state index is -1.69. The first-order chi connectivity index (χ1) is 17.6. The predicted molar refractivity (Wildman–Crippen MR) is 145 cm³/mol. The van der Waals surface area contributed by atoms with Crippen molar-refractivity contribution in [3.05, 3.63) is 88.5 Å². The first-order valence-corrected chi connectivity index (χ1v) is 12.2. The number of nitrogens with one attached hydrogen (secondary N) is 1. The lowest BCUT2D eigenvalue weighted by Crippen LogP contribution is -2.46. The summed E-state index contributed by atoms with van der Waals surface area (Å²) in [4.78, 5) is 39.0. The first-order valence-electron chi connectivity index (χ1n) is 12.2. The lowest BCUT2D eigenvalue weighted by molar-refractivity contribution is -0.126. The maximum atomic E-state index is 13.6. The van der Waals surface area contributed by atoms with Crippen LogP contribution in [-0.2, 0) is 15.6 Å². The van der Waals surface area contributed by atoms with Crippen LogP contribution in [-0.4, -0.2) is 33.8 Å². The Kier molecular flexibility index (Phi) is 7.98. The van der Waals surface area contributed by atoms with Gasteiger partial charge in [-0.25, -0.2) is 5.84 Å². The minimum Gasteiger partial charge on any atom is -0.507 e. The Hall–Kier alpha value is -4.17. The van der Waals surface area contributed by atoms with Crippen LogP contribution in [0.25, 0.3) is 0 Å². The van der Waals surface area contributed by atoms with Crippen molar-refractivity contribution < 1.29 is 29.3 Å². The van der Waals surface area contributed by atoms with E-state index in [0.717, 1.165) is 6.07 Å².